The van der Waals surface area contributed by atoms with Gasteiger partial charge in [0, 0.05) is 6.54 Å². The predicted molar refractivity (Wildman–Crippen MR) is 72.8 cm³/mol. The van der Waals surface area contributed by atoms with Gasteiger partial charge in [-0.1, -0.05) is 37.3 Å². The zero-order chi connectivity index (χ0) is 14.3. The number of nitrogens with zero attached hydrogens (tertiary/aromatic N) is 1. The molecule has 2 amide bonds. The van der Waals surface area contributed by atoms with E-state index in [0.717, 1.165) is 5.56 Å². The van der Waals surface area contributed by atoms with E-state index in [9.17, 15) is 9.59 Å². The number of amides is 2. The molecule has 0 aliphatic rings. The molecule has 0 aromatic heterocycles. The van der Waals surface area contributed by atoms with E-state index in [0.29, 0.717) is 13.1 Å². The van der Waals surface area contributed by atoms with Crippen LogP contribution in [0.25, 0.3) is 0 Å². The minimum atomic E-state index is -0.425. The maximum absolute atomic E-state index is 11.9. The Morgan fingerprint density at radius 2 is 1.95 bits per heavy atom. The minimum absolute atomic E-state index is 0.123. The van der Waals surface area contributed by atoms with E-state index in [2.05, 4.69) is 5.43 Å². The van der Waals surface area contributed by atoms with E-state index in [-0.39, 0.29) is 12.5 Å². The van der Waals surface area contributed by atoms with E-state index in [4.69, 9.17) is 11.6 Å². The predicted octanol–water partition coefficient (Wildman–Crippen LogP) is -0.433. The van der Waals surface area contributed by atoms with Gasteiger partial charge in [-0.05, 0) is 12.1 Å². The molecule has 0 radical (unpaired) electrons. The van der Waals surface area contributed by atoms with E-state index >= 15 is 0 Å². The first kappa shape index (κ1) is 15.1. The van der Waals surface area contributed by atoms with Crippen molar-refractivity contribution in [1.82, 2.24) is 10.3 Å². The molecule has 1 aromatic rings. The normalized spacial score (nSPS) is 12.2. The van der Waals surface area contributed by atoms with Crippen molar-refractivity contribution in [2.75, 3.05) is 19.6 Å². The number of hydrazine groups is 1. The van der Waals surface area contributed by atoms with Crippen molar-refractivity contribution in [3.63, 3.8) is 0 Å². The summed E-state index contributed by atoms with van der Waals surface area (Å²) in [5.74, 6) is 4.10. The third kappa shape index (κ3) is 4.69. The Balaban J connectivity index is 2.86. The molecule has 0 aliphatic heterocycles. The summed E-state index contributed by atoms with van der Waals surface area (Å²) in [6.45, 7) is 3.06. The number of nitrogens with one attached hydrogen (secondary N) is 1. The van der Waals surface area contributed by atoms with Crippen LogP contribution in [-0.4, -0.2) is 36.3 Å². The fourth-order valence-electron chi connectivity index (χ4n) is 1.91. The number of hydrogen-bond acceptors (Lipinski definition) is 4. The van der Waals surface area contributed by atoms with Gasteiger partial charge < -0.3 is 5.73 Å². The topological polar surface area (TPSA) is 101 Å². The Labute approximate surface area is 112 Å². The molecule has 1 rings (SSSR count). The number of rotatable bonds is 7. The molecule has 104 valence electrons. The van der Waals surface area contributed by atoms with Crippen LogP contribution in [0.15, 0.2) is 30.3 Å². The van der Waals surface area contributed by atoms with Crippen LogP contribution in [0, 0.1) is 0 Å². The molecule has 0 spiro atoms. The lowest BCUT2D eigenvalue weighted by atomic mass is 9.97. The van der Waals surface area contributed by atoms with Gasteiger partial charge in [0.2, 0.25) is 11.8 Å². The number of benzene rings is 1. The molecular formula is C13H20N4O2. The fraction of sp³-hybridized carbons (Fsp3) is 0.385. The van der Waals surface area contributed by atoms with Gasteiger partial charge in [-0.15, -0.1) is 0 Å². The van der Waals surface area contributed by atoms with Crippen LogP contribution in [0.1, 0.15) is 18.4 Å². The summed E-state index contributed by atoms with van der Waals surface area (Å²) in [6, 6.07) is 9.31. The summed E-state index contributed by atoms with van der Waals surface area (Å²) >= 11 is 0. The number of primary amides is 1. The standard InChI is InChI=1S/C13H20N4O2/c1-2-17(9-12(14)18)8-11(13(19)16-15)10-6-4-3-5-7-10/h3-7,11H,2,8-9,15H2,1H3,(H2,14,18)(H,16,19). The summed E-state index contributed by atoms with van der Waals surface area (Å²) in [5.41, 5.74) is 8.21. The van der Waals surface area contributed by atoms with Crippen LogP contribution in [0.5, 0.6) is 0 Å². The molecule has 1 atom stereocenters. The van der Waals surface area contributed by atoms with Gasteiger partial charge in [0.15, 0.2) is 0 Å². The Hall–Kier alpha value is -1.92. The first-order chi connectivity index (χ1) is 9.08. The maximum atomic E-state index is 11.9. The largest absolute Gasteiger partial charge is 0.369 e. The van der Waals surface area contributed by atoms with Crippen LogP contribution in [-0.2, 0) is 9.59 Å². The van der Waals surface area contributed by atoms with Crippen molar-refractivity contribution in [3.8, 4) is 0 Å². The zero-order valence-corrected chi connectivity index (χ0v) is 11.0. The second-order valence-corrected chi connectivity index (χ2v) is 4.27. The van der Waals surface area contributed by atoms with E-state index in [1.54, 1.807) is 0 Å². The average Bonchev–Trinajstić information content (AvgIpc) is 2.43. The first-order valence-electron chi connectivity index (χ1n) is 6.14. The molecule has 19 heavy (non-hydrogen) atoms. The van der Waals surface area contributed by atoms with Gasteiger partial charge in [0.1, 0.15) is 0 Å². The van der Waals surface area contributed by atoms with Gasteiger partial charge in [0.05, 0.1) is 12.5 Å². The number of nitrogens with two attached hydrogens (primary N) is 2. The maximum Gasteiger partial charge on any atom is 0.242 e. The lowest BCUT2D eigenvalue weighted by Crippen LogP contribution is -2.42. The van der Waals surface area contributed by atoms with Gasteiger partial charge in [-0.2, -0.15) is 0 Å². The SMILES string of the molecule is CCN(CC(N)=O)CC(C(=O)NN)c1ccccc1. The van der Waals surface area contributed by atoms with Crippen molar-refractivity contribution in [2.45, 2.75) is 12.8 Å². The molecule has 0 fully saturated rings. The smallest absolute Gasteiger partial charge is 0.242 e. The fourth-order valence-corrected chi connectivity index (χ4v) is 1.91. The second kappa shape index (κ2) is 7.50. The Morgan fingerprint density at radius 1 is 1.32 bits per heavy atom. The Bertz CT molecular complexity index is 422. The number of carbonyl (C=O) groups is 2. The van der Waals surface area contributed by atoms with Gasteiger partial charge in [0.25, 0.3) is 0 Å². The molecule has 0 aliphatic carbocycles. The molecule has 6 heteroatoms. The van der Waals surface area contributed by atoms with Crippen molar-refractivity contribution in [3.05, 3.63) is 35.9 Å². The number of likely N-dealkylation sites (N-methyl/N-ethyl adjacent to an activating group) is 1. The summed E-state index contributed by atoms with van der Waals surface area (Å²) in [6.07, 6.45) is 0. The first-order valence-corrected chi connectivity index (χ1v) is 6.14. The van der Waals surface area contributed by atoms with Crippen molar-refractivity contribution in [1.29, 1.82) is 0 Å². The van der Waals surface area contributed by atoms with Crippen molar-refractivity contribution < 1.29 is 9.59 Å². The molecule has 1 aromatic carbocycles. The highest BCUT2D eigenvalue weighted by Crippen LogP contribution is 2.17. The van der Waals surface area contributed by atoms with Gasteiger partial charge >= 0.3 is 0 Å². The highest BCUT2D eigenvalue weighted by Gasteiger charge is 2.22. The molecule has 0 bridgehead atoms. The molecule has 0 heterocycles. The third-order valence-corrected chi connectivity index (χ3v) is 2.93. The van der Waals surface area contributed by atoms with Crippen LogP contribution in [0.4, 0.5) is 0 Å². The van der Waals surface area contributed by atoms with Crippen LogP contribution < -0.4 is 17.0 Å². The second-order valence-electron chi connectivity index (χ2n) is 4.27. The minimum Gasteiger partial charge on any atom is -0.369 e. The summed E-state index contributed by atoms with van der Waals surface area (Å²) in [7, 11) is 0. The van der Waals surface area contributed by atoms with Crippen molar-refractivity contribution in [2.24, 2.45) is 11.6 Å². The van der Waals surface area contributed by atoms with E-state index < -0.39 is 11.8 Å². The molecule has 6 nitrogen and oxygen atoms in total. The van der Waals surface area contributed by atoms with E-state index in [1.165, 1.54) is 0 Å². The lowest BCUT2D eigenvalue weighted by Gasteiger charge is -2.24. The number of carbonyl (C=O) groups excluding carboxylic acids is 2. The molecular weight excluding hydrogens is 244 g/mol. The quantitative estimate of drug-likeness (QED) is 0.353. The Kier molecular flexibility index (Phi) is 5.98. The third-order valence-electron chi connectivity index (χ3n) is 2.93. The summed E-state index contributed by atoms with van der Waals surface area (Å²) < 4.78 is 0. The number of hydrogen-bond donors (Lipinski definition) is 3. The van der Waals surface area contributed by atoms with Crippen LogP contribution in [0.2, 0.25) is 0 Å². The Morgan fingerprint density at radius 3 is 2.42 bits per heavy atom. The van der Waals surface area contributed by atoms with Crippen LogP contribution >= 0.6 is 0 Å². The summed E-state index contributed by atoms with van der Waals surface area (Å²) in [4.78, 5) is 24.7. The molecule has 5 N–H and O–H groups in total. The average molecular weight is 264 g/mol. The molecule has 1 unspecified atom stereocenters. The summed E-state index contributed by atoms with van der Waals surface area (Å²) in [5, 5.41) is 0. The van der Waals surface area contributed by atoms with E-state index in [1.807, 2.05) is 42.2 Å². The monoisotopic (exact) mass is 264 g/mol. The highest BCUT2D eigenvalue weighted by molar-refractivity contribution is 5.83. The van der Waals surface area contributed by atoms with Gasteiger partial charge in [-0.25, -0.2) is 5.84 Å². The van der Waals surface area contributed by atoms with Crippen LogP contribution in [0.3, 0.4) is 0 Å². The van der Waals surface area contributed by atoms with Crippen molar-refractivity contribution >= 4 is 11.8 Å². The zero-order valence-electron chi connectivity index (χ0n) is 11.0. The molecule has 0 saturated heterocycles. The molecule has 0 saturated carbocycles. The van der Waals surface area contributed by atoms with Gasteiger partial charge in [-0.3, -0.25) is 19.9 Å². The highest BCUT2D eigenvalue weighted by atomic mass is 16.2. The lowest BCUT2D eigenvalue weighted by molar-refractivity contribution is -0.124.